The molecule has 0 heterocycles. The zero-order valence-electron chi connectivity index (χ0n) is 9.03. The van der Waals surface area contributed by atoms with Gasteiger partial charge >= 0.3 is 0 Å². The maximum atomic E-state index is 5.18. The van der Waals surface area contributed by atoms with Crippen molar-refractivity contribution >= 4 is 0 Å². The van der Waals surface area contributed by atoms with Gasteiger partial charge in [0.15, 0.2) is 6.29 Å². The third kappa shape index (κ3) is 2.25. The van der Waals surface area contributed by atoms with Crippen LogP contribution in [0, 0.1) is 6.92 Å². The summed E-state index contributed by atoms with van der Waals surface area (Å²) < 4.78 is 15.5. The summed E-state index contributed by atoms with van der Waals surface area (Å²) in [4.78, 5) is 0. The molecule has 0 fully saturated rings. The van der Waals surface area contributed by atoms with Gasteiger partial charge in [0.05, 0.1) is 7.11 Å². The molecule has 14 heavy (non-hydrogen) atoms. The van der Waals surface area contributed by atoms with Crippen LogP contribution in [0.2, 0.25) is 0 Å². The van der Waals surface area contributed by atoms with Gasteiger partial charge in [0.1, 0.15) is 5.75 Å². The van der Waals surface area contributed by atoms with Crippen molar-refractivity contribution in [2.75, 3.05) is 21.3 Å². The smallest absolute Gasteiger partial charge is 0.183 e. The van der Waals surface area contributed by atoms with Crippen molar-refractivity contribution in [3.63, 3.8) is 0 Å². The fourth-order valence-electron chi connectivity index (χ4n) is 1.39. The molecule has 0 aliphatic rings. The average molecular weight is 196 g/mol. The molecule has 0 atom stereocenters. The Balaban J connectivity index is 2.98. The van der Waals surface area contributed by atoms with E-state index >= 15 is 0 Å². The standard InChI is InChI=1S/C11H16O3/c1-8-7-9(12-2)5-6-10(8)11(13-3)14-4/h5-7,11H,1-4H3. The summed E-state index contributed by atoms with van der Waals surface area (Å²) in [6.07, 6.45) is -0.305. The zero-order valence-corrected chi connectivity index (χ0v) is 9.03. The summed E-state index contributed by atoms with van der Waals surface area (Å²) in [5.41, 5.74) is 2.12. The van der Waals surface area contributed by atoms with Crippen LogP contribution in [0.4, 0.5) is 0 Å². The van der Waals surface area contributed by atoms with E-state index in [1.807, 2.05) is 25.1 Å². The molecule has 1 aromatic carbocycles. The van der Waals surface area contributed by atoms with E-state index in [9.17, 15) is 0 Å². The Labute approximate surface area is 84.6 Å². The Kier molecular flexibility index (Phi) is 3.92. The van der Waals surface area contributed by atoms with E-state index in [-0.39, 0.29) is 6.29 Å². The van der Waals surface area contributed by atoms with Gasteiger partial charge in [-0.15, -0.1) is 0 Å². The summed E-state index contributed by atoms with van der Waals surface area (Å²) in [6.45, 7) is 2.00. The molecule has 0 spiro atoms. The van der Waals surface area contributed by atoms with E-state index < -0.39 is 0 Å². The summed E-state index contributed by atoms with van der Waals surface area (Å²) in [5, 5.41) is 0. The Hall–Kier alpha value is -1.06. The minimum atomic E-state index is -0.305. The van der Waals surface area contributed by atoms with Crippen molar-refractivity contribution in [3.8, 4) is 5.75 Å². The molecule has 0 bridgehead atoms. The summed E-state index contributed by atoms with van der Waals surface area (Å²) in [5.74, 6) is 0.845. The van der Waals surface area contributed by atoms with Crippen LogP contribution in [-0.4, -0.2) is 21.3 Å². The molecule has 0 saturated heterocycles. The molecule has 0 radical (unpaired) electrons. The Morgan fingerprint density at radius 1 is 1.07 bits per heavy atom. The highest BCUT2D eigenvalue weighted by Crippen LogP contribution is 2.24. The van der Waals surface area contributed by atoms with Gasteiger partial charge in [0.25, 0.3) is 0 Å². The number of aryl methyl sites for hydroxylation is 1. The van der Waals surface area contributed by atoms with Crippen LogP contribution in [0.5, 0.6) is 5.75 Å². The summed E-state index contributed by atoms with van der Waals surface area (Å²) in [7, 11) is 4.90. The molecule has 3 heteroatoms. The molecule has 0 aromatic heterocycles. The number of rotatable bonds is 4. The minimum absolute atomic E-state index is 0.305. The van der Waals surface area contributed by atoms with Crippen LogP contribution >= 0.6 is 0 Å². The molecule has 0 aliphatic carbocycles. The van der Waals surface area contributed by atoms with Gasteiger partial charge in [-0.25, -0.2) is 0 Å². The Morgan fingerprint density at radius 3 is 2.14 bits per heavy atom. The van der Waals surface area contributed by atoms with Gasteiger partial charge in [0, 0.05) is 19.8 Å². The maximum Gasteiger partial charge on any atom is 0.183 e. The topological polar surface area (TPSA) is 27.7 Å². The third-order valence-corrected chi connectivity index (χ3v) is 2.16. The number of methoxy groups -OCH3 is 3. The lowest BCUT2D eigenvalue weighted by Gasteiger charge is -2.16. The van der Waals surface area contributed by atoms with Crippen LogP contribution in [-0.2, 0) is 9.47 Å². The van der Waals surface area contributed by atoms with E-state index in [2.05, 4.69) is 0 Å². The SMILES string of the molecule is COc1ccc(C(OC)OC)c(C)c1. The van der Waals surface area contributed by atoms with Crippen LogP contribution in [0.3, 0.4) is 0 Å². The lowest BCUT2D eigenvalue weighted by molar-refractivity contribution is -0.106. The molecule has 0 unspecified atom stereocenters. The molecule has 1 rings (SSSR count). The molecular formula is C11H16O3. The van der Waals surface area contributed by atoms with Crippen LogP contribution < -0.4 is 4.74 Å². The minimum Gasteiger partial charge on any atom is -0.497 e. The highest BCUT2D eigenvalue weighted by atomic mass is 16.7. The van der Waals surface area contributed by atoms with E-state index in [1.54, 1.807) is 21.3 Å². The highest BCUT2D eigenvalue weighted by Gasteiger charge is 2.11. The van der Waals surface area contributed by atoms with E-state index in [1.165, 1.54) is 0 Å². The molecule has 78 valence electrons. The lowest BCUT2D eigenvalue weighted by Crippen LogP contribution is -2.05. The molecule has 0 amide bonds. The number of ether oxygens (including phenoxy) is 3. The monoisotopic (exact) mass is 196 g/mol. The summed E-state index contributed by atoms with van der Waals surface area (Å²) >= 11 is 0. The second-order valence-corrected chi connectivity index (χ2v) is 3.03. The van der Waals surface area contributed by atoms with Gasteiger partial charge in [-0.1, -0.05) is 6.07 Å². The fraction of sp³-hybridized carbons (Fsp3) is 0.455. The van der Waals surface area contributed by atoms with E-state index in [4.69, 9.17) is 14.2 Å². The predicted octanol–water partition coefficient (Wildman–Crippen LogP) is 2.30. The van der Waals surface area contributed by atoms with Crippen molar-refractivity contribution < 1.29 is 14.2 Å². The van der Waals surface area contributed by atoms with Crippen molar-refractivity contribution in [1.29, 1.82) is 0 Å². The average Bonchev–Trinajstić information content (AvgIpc) is 2.22. The summed E-state index contributed by atoms with van der Waals surface area (Å²) in [6, 6.07) is 5.81. The second kappa shape index (κ2) is 4.98. The quantitative estimate of drug-likeness (QED) is 0.691. The highest BCUT2D eigenvalue weighted by molar-refractivity contribution is 5.35. The third-order valence-electron chi connectivity index (χ3n) is 2.16. The van der Waals surface area contributed by atoms with Crippen molar-refractivity contribution in [2.45, 2.75) is 13.2 Å². The van der Waals surface area contributed by atoms with Gasteiger partial charge in [0.2, 0.25) is 0 Å². The number of hydrogen-bond acceptors (Lipinski definition) is 3. The molecule has 3 nitrogen and oxygen atoms in total. The molecule has 0 N–H and O–H groups in total. The second-order valence-electron chi connectivity index (χ2n) is 3.03. The van der Waals surface area contributed by atoms with Crippen molar-refractivity contribution in [2.24, 2.45) is 0 Å². The lowest BCUT2D eigenvalue weighted by atomic mass is 10.1. The zero-order chi connectivity index (χ0) is 10.6. The van der Waals surface area contributed by atoms with E-state index in [0.29, 0.717) is 0 Å². The van der Waals surface area contributed by atoms with Gasteiger partial charge in [-0.2, -0.15) is 0 Å². The van der Waals surface area contributed by atoms with Crippen LogP contribution in [0.15, 0.2) is 18.2 Å². The number of benzene rings is 1. The van der Waals surface area contributed by atoms with Crippen LogP contribution in [0.1, 0.15) is 17.4 Å². The predicted molar refractivity (Wildman–Crippen MR) is 54.5 cm³/mol. The first-order valence-electron chi connectivity index (χ1n) is 4.43. The van der Waals surface area contributed by atoms with Crippen LogP contribution in [0.25, 0.3) is 0 Å². The molecule has 0 saturated carbocycles. The first kappa shape index (κ1) is 11.0. The van der Waals surface area contributed by atoms with Crippen molar-refractivity contribution in [3.05, 3.63) is 29.3 Å². The maximum absolute atomic E-state index is 5.18. The van der Waals surface area contributed by atoms with E-state index in [0.717, 1.165) is 16.9 Å². The Morgan fingerprint density at radius 2 is 1.71 bits per heavy atom. The van der Waals surface area contributed by atoms with Crippen molar-refractivity contribution in [1.82, 2.24) is 0 Å². The fourth-order valence-corrected chi connectivity index (χ4v) is 1.39. The van der Waals surface area contributed by atoms with Gasteiger partial charge in [-0.05, 0) is 24.6 Å². The number of hydrogen-bond donors (Lipinski definition) is 0. The molecule has 1 aromatic rings. The first-order chi connectivity index (χ1) is 6.72. The molecule has 0 aliphatic heterocycles. The van der Waals surface area contributed by atoms with Gasteiger partial charge < -0.3 is 14.2 Å². The Bertz CT molecular complexity index is 293. The first-order valence-corrected chi connectivity index (χ1v) is 4.43. The normalized spacial score (nSPS) is 10.6. The van der Waals surface area contributed by atoms with Gasteiger partial charge in [-0.3, -0.25) is 0 Å². The molecular weight excluding hydrogens is 180 g/mol. The largest absolute Gasteiger partial charge is 0.497 e.